The third-order valence-electron chi connectivity index (χ3n) is 6.07. The predicted molar refractivity (Wildman–Crippen MR) is 132 cm³/mol. The number of fused-ring (bicyclic) bond motifs is 1. The highest BCUT2D eigenvalue weighted by atomic mass is 35.5. The van der Waals surface area contributed by atoms with Gasteiger partial charge in [0.15, 0.2) is 0 Å². The fourth-order valence-corrected chi connectivity index (χ4v) is 4.78. The minimum Gasteiger partial charge on any atom is -0.465 e. The number of ether oxygens (including phenoxy) is 1. The molecule has 0 aliphatic carbocycles. The first-order chi connectivity index (χ1) is 16.0. The number of carbonyl (C=O) groups is 1. The van der Waals surface area contributed by atoms with E-state index in [1.54, 1.807) is 6.07 Å². The number of benzene rings is 2. The molecule has 0 spiro atoms. The van der Waals surface area contributed by atoms with Gasteiger partial charge in [-0.25, -0.2) is 9.78 Å². The Morgan fingerprint density at radius 1 is 1.24 bits per heavy atom. The van der Waals surface area contributed by atoms with Crippen LogP contribution in [0.25, 0.3) is 11.0 Å². The summed E-state index contributed by atoms with van der Waals surface area (Å²) >= 11 is 12.2. The smallest absolute Gasteiger partial charge is 0.407 e. The molecule has 3 aromatic rings. The highest BCUT2D eigenvalue weighted by Gasteiger charge is 2.32. The van der Waals surface area contributed by atoms with Gasteiger partial charge in [0.05, 0.1) is 27.7 Å². The Hall–Kier alpha value is -2.48. The Balaban J connectivity index is 1.53. The first-order valence-corrected chi connectivity index (χ1v) is 11.9. The summed E-state index contributed by atoms with van der Waals surface area (Å²) in [5.74, 6) is 0.790. The van der Waals surface area contributed by atoms with E-state index in [1.165, 1.54) is 4.90 Å². The molecule has 7 nitrogen and oxygen atoms in total. The van der Waals surface area contributed by atoms with Crippen molar-refractivity contribution in [1.29, 1.82) is 0 Å². The third-order valence-corrected chi connectivity index (χ3v) is 6.81. The molecule has 2 heterocycles. The molecule has 0 radical (unpaired) electrons. The monoisotopic (exact) mass is 490 g/mol. The molecule has 176 valence electrons. The number of aromatic nitrogens is 2. The van der Waals surface area contributed by atoms with Gasteiger partial charge in [0.1, 0.15) is 0 Å². The van der Waals surface area contributed by atoms with Gasteiger partial charge >= 0.3 is 6.09 Å². The number of hydrogen-bond donors (Lipinski definition) is 2. The number of rotatable bonds is 8. The van der Waals surface area contributed by atoms with Gasteiger partial charge in [0.2, 0.25) is 5.95 Å². The number of likely N-dealkylation sites (tertiary alicyclic amines) is 1. The van der Waals surface area contributed by atoms with Crippen LogP contribution < -0.4 is 5.32 Å². The summed E-state index contributed by atoms with van der Waals surface area (Å²) in [7, 11) is 0. The Morgan fingerprint density at radius 2 is 2.06 bits per heavy atom. The quantitative estimate of drug-likeness (QED) is 0.404. The molecule has 1 saturated heterocycles. The molecular weight excluding hydrogens is 463 g/mol. The van der Waals surface area contributed by atoms with Crippen LogP contribution >= 0.6 is 23.2 Å². The van der Waals surface area contributed by atoms with E-state index in [4.69, 9.17) is 32.9 Å². The zero-order chi connectivity index (χ0) is 23.4. The van der Waals surface area contributed by atoms with Crippen LogP contribution in [0.2, 0.25) is 10.0 Å². The summed E-state index contributed by atoms with van der Waals surface area (Å²) in [6.45, 7) is 4.40. The maximum atomic E-state index is 11.9. The summed E-state index contributed by atoms with van der Waals surface area (Å²) < 4.78 is 7.72. The van der Waals surface area contributed by atoms with Crippen molar-refractivity contribution in [2.24, 2.45) is 0 Å². The normalized spacial score (nSPS) is 18.6. The minimum absolute atomic E-state index is 0.0935. The molecule has 0 saturated carbocycles. The summed E-state index contributed by atoms with van der Waals surface area (Å²) in [5.41, 5.74) is 2.94. The molecule has 1 amide bonds. The standard InChI is InChI=1S/C24H28Cl2N4O3/c1-2-33-12-11-30-22-6-4-3-5-21(22)28-23(30)27-17-9-10-29(24(31)32)18(15-17)13-16-7-8-19(25)20(26)14-16/h3-8,14,17-18H,2,9-13,15H2,1H3,(H,27,28)(H,31,32). The maximum absolute atomic E-state index is 11.9. The Kier molecular flexibility index (Phi) is 7.63. The maximum Gasteiger partial charge on any atom is 0.407 e. The highest BCUT2D eigenvalue weighted by molar-refractivity contribution is 6.42. The van der Waals surface area contributed by atoms with E-state index >= 15 is 0 Å². The lowest BCUT2D eigenvalue weighted by atomic mass is 9.92. The highest BCUT2D eigenvalue weighted by Crippen LogP contribution is 2.28. The first kappa shape index (κ1) is 23.7. The van der Waals surface area contributed by atoms with E-state index in [1.807, 2.05) is 37.3 Å². The van der Waals surface area contributed by atoms with Crippen LogP contribution in [0.3, 0.4) is 0 Å². The average molecular weight is 491 g/mol. The fraction of sp³-hybridized carbons (Fsp3) is 0.417. The third kappa shape index (κ3) is 5.54. The lowest BCUT2D eigenvalue weighted by Crippen LogP contribution is -2.49. The number of halogens is 2. The van der Waals surface area contributed by atoms with E-state index < -0.39 is 6.09 Å². The predicted octanol–water partition coefficient (Wildman–Crippen LogP) is 5.55. The Labute approximate surface area is 203 Å². The van der Waals surface area contributed by atoms with Crippen molar-refractivity contribution in [3.63, 3.8) is 0 Å². The Bertz CT molecular complexity index is 1120. The van der Waals surface area contributed by atoms with Crippen LogP contribution in [0.15, 0.2) is 42.5 Å². The minimum atomic E-state index is -0.900. The number of nitrogens with one attached hydrogen (secondary N) is 1. The summed E-state index contributed by atoms with van der Waals surface area (Å²) in [6.07, 6.45) is 1.05. The van der Waals surface area contributed by atoms with Gasteiger partial charge in [-0.3, -0.25) is 0 Å². The molecule has 4 rings (SSSR count). The second-order valence-corrected chi connectivity index (χ2v) is 9.04. The number of amides is 1. The van der Waals surface area contributed by atoms with Crippen LogP contribution in [0.5, 0.6) is 0 Å². The van der Waals surface area contributed by atoms with Gasteiger partial charge in [-0.15, -0.1) is 0 Å². The Morgan fingerprint density at radius 3 is 2.82 bits per heavy atom. The van der Waals surface area contributed by atoms with E-state index in [2.05, 4.69) is 16.0 Å². The number of anilines is 1. The van der Waals surface area contributed by atoms with Crippen molar-refractivity contribution in [2.75, 3.05) is 25.1 Å². The van der Waals surface area contributed by atoms with Crippen molar-refractivity contribution < 1.29 is 14.6 Å². The molecule has 1 aromatic heterocycles. The van der Waals surface area contributed by atoms with Crippen LogP contribution in [0.1, 0.15) is 25.3 Å². The van der Waals surface area contributed by atoms with Crippen molar-refractivity contribution >= 4 is 46.3 Å². The number of hydrogen-bond acceptors (Lipinski definition) is 4. The average Bonchev–Trinajstić information content (AvgIpc) is 3.13. The van der Waals surface area contributed by atoms with Gasteiger partial charge in [0, 0.05) is 31.8 Å². The van der Waals surface area contributed by atoms with E-state index in [-0.39, 0.29) is 12.1 Å². The number of carboxylic acid groups (broad SMARTS) is 1. The number of nitrogens with zero attached hydrogens (tertiary/aromatic N) is 3. The molecule has 1 aliphatic rings. The lowest BCUT2D eigenvalue weighted by Gasteiger charge is -2.38. The van der Waals surface area contributed by atoms with Gasteiger partial charge in [0.25, 0.3) is 0 Å². The largest absolute Gasteiger partial charge is 0.465 e. The van der Waals surface area contributed by atoms with E-state index in [0.29, 0.717) is 55.6 Å². The van der Waals surface area contributed by atoms with Crippen LogP contribution in [0, 0.1) is 0 Å². The van der Waals surface area contributed by atoms with Gasteiger partial charge < -0.3 is 24.6 Å². The molecule has 2 atom stereocenters. The molecule has 1 fully saturated rings. The molecule has 2 unspecified atom stereocenters. The van der Waals surface area contributed by atoms with Crippen molar-refractivity contribution in [3.8, 4) is 0 Å². The molecule has 9 heteroatoms. The molecule has 2 aromatic carbocycles. The lowest BCUT2D eigenvalue weighted by molar-refractivity contribution is 0.103. The molecule has 1 aliphatic heterocycles. The number of imidazole rings is 1. The van der Waals surface area contributed by atoms with Crippen molar-refractivity contribution in [1.82, 2.24) is 14.5 Å². The second-order valence-electron chi connectivity index (χ2n) is 8.22. The van der Waals surface area contributed by atoms with Crippen LogP contribution in [-0.2, 0) is 17.7 Å². The molecular formula is C24H28Cl2N4O3. The van der Waals surface area contributed by atoms with Crippen molar-refractivity contribution in [2.45, 2.75) is 44.8 Å². The van der Waals surface area contributed by atoms with Crippen LogP contribution in [-0.4, -0.2) is 57.5 Å². The molecule has 2 N–H and O–H groups in total. The van der Waals surface area contributed by atoms with Gasteiger partial charge in [-0.1, -0.05) is 41.4 Å². The van der Waals surface area contributed by atoms with Gasteiger partial charge in [-0.2, -0.15) is 0 Å². The fourth-order valence-electron chi connectivity index (χ4n) is 4.46. The SMILES string of the molecule is CCOCCn1c(NC2CCN(C(=O)O)C(Cc3ccc(Cl)c(Cl)c3)C2)nc2ccccc21. The number of piperidine rings is 1. The van der Waals surface area contributed by atoms with E-state index in [9.17, 15) is 9.90 Å². The van der Waals surface area contributed by atoms with Gasteiger partial charge in [-0.05, 0) is 56.0 Å². The molecule has 0 bridgehead atoms. The van der Waals surface area contributed by atoms with Crippen LogP contribution in [0.4, 0.5) is 10.7 Å². The summed E-state index contributed by atoms with van der Waals surface area (Å²) in [5, 5.41) is 14.3. The summed E-state index contributed by atoms with van der Waals surface area (Å²) in [4.78, 5) is 18.2. The zero-order valence-electron chi connectivity index (χ0n) is 18.5. The number of para-hydroxylation sites is 2. The second kappa shape index (κ2) is 10.6. The van der Waals surface area contributed by atoms with Crippen molar-refractivity contribution in [3.05, 3.63) is 58.1 Å². The zero-order valence-corrected chi connectivity index (χ0v) is 20.0. The first-order valence-electron chi connectivity index (χ1n) is 11.2. The topological polar surface area (TPSA) is 79.6 Å². The van der Waals surface area contributed by atoms with E-state index in [0.717, 1.165) is 22.5 Å². The molecule has 33 heavy (non-hydrogen) atoms. The summed E-state index contributed by atoms with van der Waals surface area (Å²) in [6, 6.07) is 13.4.